The van der Waals surface area contributed by atoms with Crippen LogP contribution in [0.4, 0.5) is 5.69 Å². The summed E-state index contributed by atoms with van der Waals surface area (Å²) in [6, 6.07) is 13.3. The maximum absolute atomic E-state index is 13.2. The standard InChI is InChI=1S/C19H16ClN3O/c20-14-9-11-21-16(12-14)19(24)23(15-6-2-7-15)17-8-1-4-13-5-3-10-22-18(13)17/h1,3-5,8-12,15H,2,6-7H2. The first-order chi connectivity index (χ1) is 11.7. The predicted molar refractivity (Wildman–Crippen MR) is 95.4 cm³/mol. The highest BCUT2D eigenvalue weighted by Gasteiger charge is 2.32. The van der Waals surface area contributed by atoms with E-state index in [-0.39, 0.29) is 11.9 Å². The quantitative estimate of drug-likeness (QED) is 0.707. The van der Waals surface area contributed by atoms with Crippen LogP contribution in [0.15, 0.2) is 54.9 Å². The molecule has 0 N–H and O–H groups in total. The van der Waals surface area contributed by atoms with Crippen molar-refractivity contribution < 1.29 is 4.79 Å². The van der Waals surface area contributed by atoms with Gasteiger partial charge >= 0.3 is 0 Å². The van der Waals surface area contributed by atoms with Crippen molar-refractivity contribution >= 4 is 34.1 Å². The second-order valence-electron chi connectivity index (χ2n) is 5.97. The number of pyridine rings is 2. The molecule has 0 radical (unpaired) electrons. The van der Waals surface area contributed by atoms with Gasteiger partial charge in [-0.15, -0.1) is 0 Å². The van der Waals surface area contributed by atoms with Crippen LogP contribution in [0.25, 0.3) is 10.9 Å². The number of hydrogen-bond donors (Lipinski definition) is 0. The van der Waals surface area contributed by atoms with Gasteiger partial charge in [0.15, 0.2) is 0 Å². The van der Waals surface area contributed by atoms with Gasteiger partial charge in [0.1, 0.15) is 5.69 Å². The van der Waals surface area contributed by atoms with Gasteiger partial charge in [-0.1, -0.05) is 29.8 Å². The van der Waals surface area contributed by atoms with Gasteiger partial charge in [0, 0.05) is 28.8 Å². The summed E-state index contributed by atoms with van der Waals surface area (Å²) in [5.41, 5.74) is 2.04. The van der Waals surface area contributed by atoms with Crippen LogP contribution in [0.2, 0.25) is 5.02 Å². The second kappa shape index (κ2) is 6.21. The number of hydrogen-bond acceptors (Lipinski definition) is 3. The smallest absolute Gasteiger partial charge is 0.277 e. The molecule has 24 heavy (non-hydrogen) atoms. The maximum atomic E-state index is 13.2. The Morgan fingerprint density at radius 1 is 1.08 bits per heavy atom. The van der Waals surface area contributed by atoms with E-state index in [0.29, 0.717) is 10.7 Å². The van der Waals surface area contributed by atoms with Gasteiger partial charge in [-0.3, -0.25) is 14.8 Å². The summed E-state index contributed by atoms with van der Waals surface area (Å²) in [5.74, 6) is -0.125. The molecule has 1 fully saturated rings. The average Bonchev–Trinajstić information content (AvgIpc) is 2.57. The zero-order chi connectivity index (χ0) is 16.5. The molecule has 0 aliphatic heterocycles. The van der Waals surface area contributed by atoms with Crippen LogP contribution in [0.5, 0.6) is 0 Å². The fourth-order valence-electron chi connectivity index (χ4n) is 3.04. The molecule has 0 atom stereocenters. The first kappa shape index (κ1) is 15.1. The second-order valence-corrected chi connectivity index (χ2v) is 6.41. The van der Waals surface area contributed by atoms with Crippen molar-refractivity contribution in [2.24, 2.45) is 0 Å². The Morgan fingerprint density at radius 3 is 2.67 bits per heavy atom. The van der Waals surface area contributed by atoms with Crippen LogP contribution in [-0.4, -0.2) is 21.9 Å². The molecule has 120 valence electrons. The Balaban J connectivity index is 1.83. The molecule has 0 bridgehead atoms. The lowest BCUT2D eigenvalue weighted by molar-refractivity contribution is 0.0959. The van der Waals surface area contributed by atoms with Crippen LogP contribution in [-0.2, 0) is 0 Å². The van der Waals surface area contributed by atoms with E-state index in [1.165, 1.54) is 0 Å². The third-order valence-corrected chi connectivity index (χ3v) is 4.71. The molecule has 0 unspecified atom stereocenters. The largest absolute Gasteiger partial charge is 0.302 e. The molecule has 1 aromatic carbocycles. The number of para-hydroxylation sites is 1. The Bertz CT molecular complexity index is 903. The SMILES string of the molecule is O=C(c1cc(Cl)ccn1)N(c1cccc2cccnc12)C1CCC1. The third-order valence-electron chi connectivity index (χ3n) is 4.47. The van der Waals surface area contributed by atoms with E-state index in [2.05, 4.69) is 9.97 Å². The molecule has 1 amide bonds. The molecule has 2 aromatic heterocycles. The number of halogens is 1. The molecule has 1 aliphatic rings. The van der Waals surface area contributed by atoms with Gasteiger partial charge in [-0.05, 0) is 43.5 Å². The monoisotopic (exact) mass is 337 g/mol. The Kier molecular flexibility index (Phi) is 3.90. The lowest BCUT2D eigenvalue weighted by Crippen LogP contribution is -2.45. The number of carbonyl (C=O) groups excluding carboxylic acids is 1. The fraction of sp³-hybridized carbons (Fsp3) is 0.211. The van der Waals surface area contributed by atoms with Crippen molar-refractivity contribution in [2.75, 3.05) is 4.90 Å². The Labute approximate surface area is 145 Å². The normalized spacial score (nSPS) is 14.4. The van der Waals surface area contributed by atoms with E-state index in [0.717, 1.165) is 35.9 Å². The van der Waals surface area contributed by atoms with Crippen molar-refractivity contribution in [2.45, 2.75) is 25.3 Å². The van der Waals surface area contributed by atoms with Gasteiger partial charge in [-0.25, -0.2) is 0 Å². The highest BCUT2D eigenvalue weighted by molar-refractivity contribution is 6.31. The summed E-state index contributed by atoms with van der Waals surface area (Å²) < 4.78 is 0. The van der Waals surface area contributed by atoms with Gasteiger partial charge in [0.2, 0.25) is 0 Å². The van der Waals surface area contributed by atoms with Gasteiger partial charge in [-0.2, -0.15) is 0 Å². The van der Waals surface area contributed by atoms with E-state index < -0.39 is 0 Å². The van der Waals surface area contributed by atoms with Gasteiger partial charge in [0.05, 0.1) is 11.2 Å². The number of fused-ring (bicyclic) bond motifs is 1. The first-order valence-corrected chi connectivity index (χ1v) is 8.41. The van der Waals surface area contributed by atoms with Crippen LogP contribution < -0.4 is 4.90 Å². The number of carbonyl (C=O) groups is 1. The minimum atomic E-state index is -0.125. The molecule has 0 spiro atoms. The first-order valence-electron chi connectivity index (χ1n) is 8.03. The molecule has 0 saturated heterocycles. The Hall–Kier alpha value is -2.46. The van der Waals surface area contributed by atoms with Crippen molar-refractivity contribution in [3.05, 3.63) is 65.6 Å². The highest BCUT2D eigenvalue weighted by Crippen LogP contribution is 2.34. The molecular formula is C19H16ClN3O. The summed E-state index contributed by atoms with van der Waals surface area (Å²) >= 11 is 6.04. The summed E-state index contributed by atoms with van der Waals surface area (Å²) in [5, 5.41) is 1.53. The zero-order valence-electron chi connectivity index (χ0n) is 13.0. The van der Waals surface area contributed by atoms with Gasteiger partial charge in [0.25, 0.3) is 5.91 Å². The molecule has 4 rings (SSSR count). The summed E-state index contributed by atoms with van der Waals surface area (Å²) in [6.07, 6.45) is 6.45. The van der Waals surface area contributed by atoms with Crippen molar-refractivity contribution in [3.8, 4) is 0 Å². The summed E-state index contributed by atoms with van der Waals surface area (Å²) in [7, 11) is 0. The van der Waals surface area contributed by atoms with Crippen molar-refractivity contribution in [3.63, 3.8) is 0 Å². The minimum absolute atomic E-state index is 0.125. The summed E-state index contributed by atoms with van der Waals surface area (Å²) in [4.78, 5) is 23.7. The summed E-state index contributed by atoms with van der Waals surface area (Å²) in [6.45, 7) is 0. The predicted octanol–water partition coefficient (Wildman–Crippen LogP) is 4.48. The molecule has 1 saturated carbocycles. The van der Waals surface area contributed by atoms with Crippen LogP contribution in [0.3, 0.4) is 0 Å². The van der Waals surface area contributed by atoms with Gasteiger partial charge < -0.3 is 4.90 Å². The number of rotatable bonds is 3. The highest BCUT2D eigenvalue weighted by atomic mass is 35.5. The lowest BCUT2D eigenvalue weighted by Gasteiger charge is -2.37. The van der Waals surface area contributed by atoms with Crippen LogP contribution >= 0.6 is 11.6 Å². The number of nitrogens with zero attached hydrogens (tertiary/aromatic N) is 3. The molecule has 4 nitrogen and oxygen atoms in total. The average molecular weight is 338 g/mol. The number of aromatic nitrogens is 2. The van der Waals surface area contributed by atoms with Crippen molar-refractivity contribution in [1.29, 1.82) is 0 Å². The number of anilines is 1. The van der Waals surface area contributed by atoms with E-state index in [4.69, 9.17) is 11.6 Å². The lowest BCUT2D eigenvalue weighted by atomic mass is 9.90. The zero-order valence-corrected chi connectivity index (χ0v) is 13.8. The molecular weight excluding hydrogens is 322 g/mol. The number of benzene rings is 1. The molecule has 5 heteroatoms. The molecule has 3 aromatic rings. The topological polar surface area (TPSA) is 46.1 Å². The third kappa shape index (κ3) is 2.63. The molecule has 1 aliphatic carbocycles. The molecule has 2 heterocycles. The number of amides is 1. The van der Waals surface area contributed by atoms with Crippen molar-refractivity contribution in [1.82, 2.24) is 9.97 Å². The fourth-order valence-corrected chi connectivity index (χ4v) is 3.20. The maximum Gasteiger partial charge on any atom is 0.277 e. The Morgan fingerprint density at radius 2 is 1.92 bits per heavy atom. The van der Waals surface area contributed by atoms with E-state index >= 15 is 0 Å². The van der Waals surface area contributed by atoms with E-state index in [1.54, 1.807) is 24.5 Å². The van der Waals surface area contributed by atoms with E-state index in [1.807, 2.05) is 35.2 Å². The van der Waals surface area contributed by atoms with E-state index in [9.17, 15) is 4.79 Å². The van der Waals surface area contributed by atoms with Crippen LogP contribution in [0.1, 0.15) is 29.8 Å². The van der Waals surface area contributed by atoms with Crippen LogP contribution in [0, 0.1) is 0 Å². The minimum Gasteiger partial charge on any atom is -0.302 e.